The summed E-state index contributed by atoms with van der Waals surface area (Å²) in [6.07, 6.45) is 10.1. The Morgan fingerprint density at radius 2 is 0.941 bits per heavy atom. The molecule has 0 spiro atoms. The summed E-state index contributed by atoms with van der Waals surface area (Å²) in [5.74, 6) is -0.0293. The number of benzene rings is 2. The standard InChI is InChI=1S/C28H38N4O2/c29-19-9-23-31(27(33)17-15-25-11-3-1-4-12-25)21-7-8-22-32(24-10-20-30)28(34)18-16-26-13-5-2-6-14-26/h1-6,11-18H,7-10,19-24,29-30H2/b17-15+,18-16+. The third-order valence-corrected chi connectivity index (χ3v) is 5.43. The summed E-state index contributed by atoms with van der Waals surface area (Å²) in [6.45, 7) is 3.62. The van der Waals surface area contributed by atoms with Crippen molar-refractivity contribution in [2.75, 3.05) is 39.3 Å². The van der Waals surface area contributed by atoms with Crippen LogP contribution >= 0.6 is 0 Å². The van der Waals surface area contributed by atoms with Crippen LogP contribution in [0, 0.1) is 0 Å². The van der Waals surface area contributed by atoms with Crippen molar-refractivity contribution < 1.29 is 9.59 Å². The molecule has 2 aromatic carbocycles. The van der Waals surface area contributed by atoms with Crippen LogP contribution in [0.15, 0.2) is 72.8 Å². The van der Waals surface area contributed by atoms with E-state index in [0.717, 1.165) is 36.8 Å². The predicted octanol–water partition coefficient (Wildman–Crippen LogP) is 3.55. The SMILES string of the molecule is NCCCN(CCCCN(CCCN)C(=O)/C=C/c1ccccc1)C(=O)/C=C/c1ccccc1. The van der Waals surface area contributed by atoms with Crippen LogP contribution < -0.4 is 11.5 Å². The van der Waals surface area contributed by atoms with Gasteiger partial charge in [-0.25, -0.2) is 0 Å². The van der Waals surface area contributed by atoms with E-state index in [2.05, 4.69) is 0 Å². The molecule has 0 aliphatic heterocycles. The molecular formula is C28H38N4O2. The van der Waals surface area contributed by atoms with E-state index in [1.165, 1.54) is 0 Å². The summed E-state index contributed by atoms with van der Waals surface area (Å²) in [7, 11) is 0. The van der Waals surface area contributed by atoms with Crippen LogP contribution in [0.25, 0.3) is 12.2 Å². The van der Waals surface area contributed by atoms with Crippen LogP contribution in [0.5, 0.6) is 0 Å². The van der Waals surface area contributed by atoms with Crippen LogP contribution in [0.3, 0.4) is 0 Å². The first-order chi connectivity index (χ1) is 16.6. The Balaban J connectivity index is 1.88. The minimum absolute atomic E-state index is 0.0147. The summed E-state index contributed by atoms with van der Waals surface area (Å²) < 4.78 is 0. The molecular weight excluding hydrogens is 424 g/mol. The molecule has 182 valence electrons. The van der Waals surface area contributed by atoms with Gasteiger partial charge in [-0.1, -0.05) is 60.7 Å². The van der Waals surface area contributed by atoms with E-state index in [-0.39, 0.29) is 11.8 Å². The van der Waals surface area contributed by atoms with Crippen molar-refractivity contribution in [2.24, 2.45) is 11.5 Å². The molecule has 2 rings (SSSR count). The van der Waals surface area contributed by atoms with Crippen molar-refractivity contribution >= 4 is 24.0 Å². The van der Waals surface area contributed by atoms with Crippen LogP contribution in [0.4, 0.5) is 0 Å². The number of nitrogens with two attached hydrogens (primary N) is 2. The second-order valence-electron chi connectivity index (χ2n) is 8.13. The Kier molecular flexibility index (Phi) is 13.0. The smallest absolute Gasteiger partial charge is 0.246 e. The molecule has 0 heterocycles. The van der Waals surface area contributed by atoms with Gasteiger partial charge >= 0.3 is 0 Å². The summed E-state index contributed by atoms with van der Waals surface area (Å²) in [5.41, 5.74) is 13.3. The first-order valence-electron chi connectivity index (χ1n) is 12.1. The molecule has 0 atom stereocenters. The zero-order valence-electron chi connectivity index (χ0n) is 20.0. The molecule has 0 saturated heterocycles. The van der Waals surface area contributed by atoms with E-state index in [9.17, 15) is 9.59 Å². The van der Waals surface area contributed by atoms with E-state index in [0.29, 0.717) is 39.3 Å². The number of hydrogen-bond donors (Lipinski definition) is 2. The lowest BCUT2D eigenvalue weighted by Gasteiger charge is -2.24. The Labute approximate surface area is 203 Å². The van der Waals surface area contributed by atoms with Crippen LogP contribution in [0.2, 0.25) is 0 Å². The molecule has 0 radical (unpaired) electrons. The van der Waals surface area contributed by atoms with E-state index in [1.807, 2.05) is 82.6 Å². The molecule has 0 saturated carbocycles. The van der Waals surface area contributed by atoms with Gasteiger partial charge in [0.1, 0.15) is 0 Å². The Morgan fingerprint density at radius 3 is 1.29 bits per heavy atom. The fraction of sp³-hybridized carbons (Fsp3) is 0.357. The number of carbonyl (C=O) groups excluding carboxylic acids is 2. The minimum Gasteiger partial charge on any atom is -0.339 e. The van der Waals surface area contributed by atoms with Gasteiger partial charge in [0.2, 0.25) is 11.8 Å². The van der Waals surface area contributed by atoms with Crippen molar-refractivity contribution in [3.8, 4) is 0 Å². The summed E-state index contributed by atoms with van der Waals surface area (Å²) in [4.78, 5) is 29.1. The fourth-order valence-electron chi connectivity index (χ4n) is 3.51. The average molecular weight is 463 g/mol. The van der Waals surface area contributed by atoms with E-state index >= 15 is 0 Å². The maximum absolute atomic E-state index is 12.7. The Morgan fingerprint density at radius 1 is 0.588 bits per heavy atom. The van der Waals surface area contributed by atoms with Gasteiger partial charge in [0, 0.05) is 38.3 Å². The third kappa shape index (κ3) is 10.6. The van der Waals surface area contributed by atoms with E-state index in [1.54, 1.807) is 12.2 Å². The van der Waals surface area contributed by atoms with Crippen molar-refractivity contribution in [1.82, 2.24) is 9.80 Å². The second-order valence-corrected chi connectivity index (χ2v) is 8.13. The largest absolute Gasteiger partial charge is 0.339 e. The minimum atomic E-state index is -0.0147. The number of rotatable bonds is 15. The topological polar surface area (TPSA) is 92.7 Å². The fourth-order valence-corrected chi connectivity index (χ4v) is 3.51. The zero-order valence-corrected chi connectivity index (χ0v) is 20.0. The van der Waals surface area contributed by atoms with Gasteiger partial charge in [0.25, 0.3) is 0 Å². The number of hydrogen-bond acceptors (Lipinski definition) is 4. The van der Waals surface area contributed by atoms with Crippen molar-refractivity contribution in [3.63, 3.8) is 0 Å². The normalized spacial score (nSPS) is 11.2. The number of carbonyl (C=O) groups is 2. The van der Waals surface area contributed by atoms with Gasteiger partial charge in [-0.05, 0) is 62.1 Å². The third-order valence-electron chi connectivity index (χ3n) is 5.43. The molecule has 0 fully saturated rings. The van der Waals surface area contributed by atoms with Gasteiger partial charge in [-0.15, -0.1) is 0 Å². The van der Waals surface area contributed by atoms with Gasteiger partial charge < -0.3 is 21.3 Å². The molecule has 0 aliphatic rings. The summed E-state index contributed by atoms with van der Waals surface area (Å²) in [5, 5.41) is 0. The first-order valence-corrected chi connectivity index (χ1v) is 12.1. The molecule has 34 heavy (non-hydrogen) atoms. The highest BCUT2D eigenvalue weighted by Crippen LogP contribution is 2.07. The van der Waals surface area contributed by atoms with Crippen LogP contribution in [-0.4, -0.2) is 60.9 Å². The molecule has 6 nitrogen and oxygen atoms in total. The molecule has 2 amide bonds. The highest BCUT2D eigenvalue weighted by atomic mass is 16.2. The highest BCUT2D eigenvalue weighted by Gasteiger charge is 2.12. The Bertz CT molecular complexity index is 822. The molecule has 2 aromatic rings. The lowest BCUT2D eigenvalue weighted by atomic mass is 10.2. The summed E-state index contributed by atoms with van der Waals surface area (Å²) in [6, 6.07) is 19.6. The molecule has 0 aliphatic carbocycles. The second kappa shape index (κ2) is 16.4. The Hall–Kier alpha value is -3.22. The summed E-state index contributed by atoms with van der Waals surface area (Å²) >= 11 is 0. The number of unbranched alkanes of at least 4 members (excludes halogenated alkanes) is 1. The maximum atomic E-state index is 12.7. The molecule has 0 unspecified atom stereocenters. The number of amides is 2. The van der Waals surface area contributed by atoms with Gasteiger partial charge in [-0.3, -0.25) is 9.59 Å². The van der Waals surface area contributed by atoms with Crippen LogP contribution in [-0.2, 0) is 9.59 Å². The quantitative estimate of drug-likeness (QED) is 0.313. The van der Waals surface area contributed by atoms with Crippen molar-refractivity contribution in [2.45, 2.75) is 25.7 Å². The highest BCUT2D eigenvalue weighted by molar-refractivity contribution is 5.92. The lowest BCUT2D eigenvalue weighted by molar-refractivity contribution is -0.127. The van der Waals surface area contributed by atoms with E-state index in [4.69, 9.17) is 11.5 Å². The molecule has 0 bridgehead atoms. The molecule has 0 aromatic heterocycles. The molecule has 6 heteroatoms. The lowest BCUT2D eigenvalue weighted by Crippen LogP contribution is -2.35. The first kappa shape index (κ1) is 27.0. The maximum Gasteiger partial charge on any atom is 0.246 e. The predicted molar refractivity (Wildman–Crippen MR) is 141 cm³/mol. The van der Waals surface area contributed by atoms with Gasteiger partial charge in [0.15, 0.2) is 0 Å². The van der Waals surface area contributed by atoms with E-state index < -0.39 is 0 Å². The van der Waals surface area contributed by atoms with Gasteiger partial charge in [0.05, 0.1) is 0 Å². The van der Waals surface area contributed by atoms with Gasteiger partial charge in [-0.2, -0.15) is 0 Å². The molecule has 4 N–H and O–H groups in total. The average Bonchev–Trinajstić information content (AvgIpc) is 2.88. The van der Waals surface area contributed by atoms with Crippen LogP contribution in [0.1, 0.15) is 36.8 Å². The van der Waals surface area contributed by atoms with Crippen molar-refractivity contribution in [3.05, 3.63) is 83.9 Å². The monoisotopic (exact) mass is 462 g/mol. The zero-order chi connectivity index (χ0) is 24.4. The van der Waals surface area contributed by atoms with Crippen molar-refractivity contribution in [1.29, 1.82) is 0 Å². The number of nitrogens with zero attached hydrogens (tertiary/aromatic N) is 2.